The van der Waals surface area contributed by atoms with Crippen LogP contribution in [0.25, 0.3) is 0 Å². The van der Waals surface area contributed by atoms with Crippen molar-refractivity contribution in [3.8, 4) is 0 Å². The van der Waals surface area contributed by atoms with Crippen molar-refractivity contribution in [1.82, 2.24) is 4.90 Å². The third kappa shape index (κ3) is 1.81. The lowest BCUT2D eigenvalue weighted by atomic mass is 10.0. The van der Waals surface area contributed by atoms with Crippen LogP contribution in [0.3, 0.4) is 0 Å². The molecule has 0 saturated carbocycles. The molecule has 0 spiro atoms. The van der Waals surface area contributed by atoms with Gasteiger partial charge >= 0.3 is 0 Å². The summed E-state index contributed by atoms with van der Waals surface area (Å²) in [6.07, 6.45) is 2.24. The average molecular weight is 141 g/mol. The molecule has 0 amide bonds. The van der Waals surface area contributed by atoms with E-state index in [2.05, 4.69) is 4.90 Å². The summed E-state index contributed by atoms with van der Waals surface area (Å²) < 4.78 is 0. The first kappa shape index (κ1) is 7.73. The number of likely N-dealkylation sites (N-methyl/N-ethyl adjacent to an activating group) is 1. The van der Waals surface area contributed by atoms with Crippen molar-refractivity contribution in [2.45, 2.75) is 19.8 Å². The molecule has 2 nitrogen and oxygen atoms in total. The molecule has 0 aromatic heterocycles. The number of carbonyl (C=O) groups excluding carboxylic acids is 1. The van der Waals surface area contributed by atoms with E-state index in [0.29, 0.717) is 18.2 Å². The fourth-order valence-corrected chi connectivity index (χ4v) is 1.33. The molecule has 1 aliphatic rings. The van der Waals surface area contributed by atoms with Crippen LogP contribution in [0.4, 0.5) is 0 Å². The van der Waals surface area contributed by atoms with Gasteiger partial charge in [0.1, 0.15) is 5.78 Å². The summed E-state index contributed by atoms with van der Waals surface area (Å²) in [6.45, 7) is 3.76. The third-order valence-electron chi connectivity index (χ3n) is 2.15. The van der Waals surface area contributed by atoms with Gasteiger partial charge in [0.25, 0.3) is 0 Å². The first-order valence-electron chi connectivity index (χ1n) is 3.91. The van der Waals surface area contributed by atoms with Gasteiger partial charge in [0.05, 0.1) is 6.54 Å². The molecule has 1 atom stereocenters. The molecule has 1 saturated heterocycles. The van der Waals surface area contributed by atoms with E-state index >= 15 is 0 Å². The van der Waals surface area contributed by atoms with Crippen LogP contribution >= 0.6 is 0 Å². The second-order valence-electron chi connectivity index (χ2n) is 3.25. The lowest BCUT2D eigenvalue weighted by molar-refractivity contribution is -0.122. The highest BCUT2D eigenvalue weighted by atomic mass is 16.1. The lowest BCUT2D eigenvalue weighted by Gasteiger charge is -2.10. The molecule has 0 aliphatic carbocycles. The van der Waals surface area contributed by atoms with Gasteiger partial charge in [0.2, 0.25) is 0 Å². The maximum absolute atomic E-state index is 11.2. The number of ketones is 1. The van der Waals surface area contributed by atoms with Gasteiger partial charge in [-0.25, -0.2) is 0 Å². The second kappa shape index (κ2) is 3.15. The van der Waals surface area contributed by atoms with E-state index in [1.165, 1.54) is 6.42 Å². The Balaban J connectivity index is 2.49. The van der Waals surface area contributed by atoms with Crippen LogP contribution in [0.15, 0.2) is 0 Å². The van der Waals surface area contributed by atoms with Crippen molar-refractivity contribution in [1.29, 1.82) is 0 Å². The first-order chi connectivity index (χ1) is 4.70. The lowest BCUT2D eigenvalue weighted by Crippen LogP contribution is -2.25. The highest BCUT2D eigenvalue weighted by molar-refractivity contribution is 5.82. The number of rotatable bonds is 0. The van der Waals surface area contributed by atoms with Gasteiger partial charge in [-0.3, -0.25) is 9.69 Å². The van der Waals surface area contributed by atoms with Crippen LogP contribution in [0.2, 0.25) is 0 Å². The summed E-state index contributed by atoms with van der Waals surface area (Å²) in [5, 5.41) is 0. The van der Waals surface area contributed by atoms with Crippen molar-refractivity contribution >= 4 is 5.78 Å². The van der Waals surface area contributed by atoms with Gasteiger partial charge in [-0.2, -0.15) is 0 Å². The molecule has 0 aromatic carbocycles. The minimum Gasteiger partial charge on any atom is -0.299 e. The van der Waals surface area contributed by atoms with Gasteiger partial charge in [-0.05, 0) is 26.4 Å². The van der Waals surface area contributed by atoms with Crippen LogP contribution in [0.1, 0.15) is 19.8 Å². The maximum atomic E-state index is 11.2. The zero-order chi connectivity index (χ0) is 7.56. The smallest absolute Gasteiger partial charge is 0.149 e. The number of hydrogen-bond donors (Lipinski definition) is 0. The van der Waals surface area contributed by atoms with Gasteiger partial charge in [0.15, 0.2) is 0 Å². The molecule has 2 heteroatoms. The van der Waals surface area contributed by atoms with Crippen LogP contribution in [-0.2, 0) is 4.79 Å². The molecule has 0 radical (unpaired) electrons. The molecule has 0 aromatic rings. The minimum atomic E-state index is 0.296. The van der Waals surface area contributed by atoms with E-state index in [1.54, 1.807) is 0 Å². The predicted molar refractivity (Wildman–Crippen MR) is 40.9 cm³/mol. The molecule has 1 heterocycles. The zero-order valence-corrected chi connectivity index (χ0v) is 6.76. The summed E-state index contributed by atoms with van der Waals surface area (Å²) in [6, 6.07) is 0. The molecule has 58 valence electrons. The van der Waals surface area contributed by atoms with Gasteiger partial charge in [-0.1, -0.05) is 6.92 Å². The van der Waals surface area contributed by atoms with Gasteiger partial charge in [-0.15, -0.1) is 0 Å². The highest BCUT2D eigenvalue weighted by Gasteiger charge is 2.18. The number of likely N-dealkylation sites (tertiary alicyclic amines) is 1. The Hall–Kier alpha value is -0.370. The van der Waals surface area contributed by atoms with E-state index in [-0.39, 0.29) is 0 Å². The Morgan fingerprint density at radius 3 is 3.00 bits per heavy atom. The molecule has 0 N–H and O–H groups in total. The number of nitrogens with zero attached hydrogens (tertiary/aromatic N) is 1. The number of carbonyl (C=O) groups is 1. The van der Waals surface area contributed by atoms with Crippen molar-refractivity contribution in [3.05, 3.63) is 0 Å². The quantitative estimate of drug-likeness (QED) is 0.500. The molecule has 0 bridgehead atoms. The van der Waals surface area contributed by atoms with Crippen molar-refractivity contribution in [2.75, 3.05) is 20.1 Å². The summed E-state index contributed by atoms with van der Waals surface area (Å²) in [5.74, 6) is 0.699. The molecule has 1 fully saturated rings. The van der Waals surface area contributed by atoms with E-state index in [0.717, 1.165) is 13.0 Å². The SMILES string of the molecule is CC1CCCN(C)CC1=O. The normalized spacial score (nSPS) is 30.2. The van der Waals surface area contributed by atoms with E-state index in [9.17, 15) is 4.79 Å². The number of hydrogen-bond acceptors (Lipinski definition) is 2. The summed E-state index contributed by atoms with van der Waals surface area (Å²) >= 11 is 0. The van der Waals surface area contributed by atoms with Gasteiger partial charge < -0.3 is 0 Å². The monoisotopic (exact) mass is 141 g/mol. The standard InChI is InChI=1S/C8H15NO/c1-7-4-3-5-9(2)6-8(7)10/h7H,3-6H2,1-2H3. The molecule has 1 rings (SSSR count). The summed E-state index contributed by atoms with van der Waals surface area (Å²) in [7, 11) is 2.01. The minimum absolute atomic E-state index is 0.296. The largest absolute Gasteiger partial charge is 0.299 e. The van der Waals surface area contributed by atoms with Crippen LogP contribution in [0, 0.1) is 5.92 Å². The number of Topliss-reactive ketones (excluding diaryl/α,β-unsaturated/α-hetero) is 1. The summed E-state index contributed by atoms with van der Waals surface area (Å²) in [5.41, 5.74) is 0. The Morgan fingerprint density at radius 2 is 2.30 bits per heavy atom. The zero-order valence-electron chi connectivity index (χ0n) is 6.76. The topological polar surface area (TPSA) is 20.3 Å². The Morgan fingerprint density at radius 1 is 1.60 bits per heavy atom. The van der Waals surface area contributed by atoms with Crippen molar-refractivity contribution in [2.24, 2.45) is 5.92 Å². The van der Waals surface area contributed by atoms with Gasteiger partial charge in [0, 0.05) is 5.92 Å². The van der Waals surface area contributed by atoms with E-state index in [1.807, 2.05) is 14.0 Å². The van der Waals surface area contributed by atoms with Crippen LogP contribution < -0.4 is 0 Å². The van der Waals surface area contributed by atoms with Crippen LogP contribution in [-0.4, -0.2) is 30.8 Å². The van der Waals surface area contributed by atoms with E-state index in [4.69, 9.17) is 0 Å². The molecule has 1 unspecified atom stereocenters. The Labute approximate surface area is 62.2 Å². The molecule has 10 heavy (non-hydrogen) atoms. The molecular weight excluding hydrogens is 126 g/mol. The first-order valence-corrected chi connectivity index (χ1v) is 3.91. The fourth-order valence-electron chi connectivity index (χ4n) is 1.33. The average Bonchev–Trinajstić information content (AvgIpc) is 1.96. The second-order valence-corrected chi connectivity index (χ2v) is 3.25. The van der Waals surface area contributed by atoms with Crippen molar-refractivity contribution in [3.63, 3.8) is 0 Å². The van der Waals surface area contributed by atoms with Crippen LogP contribution in [0.5, 0.6) is 0 Å². The van der Waals surface area contributed by atoms with Crippen molar-refractivity contribution < 1.29 is 4.79 Å². The molecular formula is C8H15NO. The summed E-state index contributed by atoms with van der Waals surface area (Å²) in [4.78, 5) is 13.3. The highest BCUT2D eigenvalue weighted by Crippen LogP contribution is 2.11. The predicted octanol–water partition coefficient (Wildman–Crippen LogP) is 0.917. The molecule has 1 aliphatic heterocycles. The maximum Gasteiger partial charge on any atom is 0.149 e. The van der Waals surface area contributed by atoms with E-state index < -0.39 is 0 Å². The Kier molecular flexibility index (Phi) is 2.44. The third-order valence-corrected chi connectivity index (χ3v) is 2.15. The Bertz CT molecular complexity index is 133. The fraction of sp³-hybridized carbons (Fsp3) is 0.875.